The fraction of sp³-hybridized carbons (Fsp3) is 0.0667. The quantitative estimate of drug-likeness (QED) is 0.0853. The van der Waals surface area contributed by atoms with Crippen molar-refractivity contribution in [3.8, 4) is 67.3 Å². The molecule has 0 saturated heterocycles. The number of nitrogens with zero attached hydrogens (tertiary/aromatic N) is 14. The van der Waals surface area contributed by atoms with Crippen molar-refractivity contribution in [2.75, 3.05) is 28.4 Å². The van der Waals surface area contributed by atoms with Gasteiger partial charge >= 0.3 is 23.9 Å². The molecule has 24 nitrogen and oxygen atoms in total. The van der Waals surface area contributed by atoms with Crippen LogP contribution in [-0.4, -0.2) is 132 Å². The van der Waals surface area contributed by atoms with Gasteiger partial charge in [-0.1, -0.05) is 93.6 Å². The number of aromatic amines is 2. The molecule has 0 fully saturated rings. The van der Waals surface area contributed by atoms with Crippen molar-refractivity contribution in [1.82, 2.24) is 79.9 Å². The summed E-state index contributed by atoms with van der Waals surface area (Å²) in [5, 5.41) is 34.1. The lowest BCUT2D eigenvalue weighted by Gasteiger charge is -2.12. The summed E-state index contributed by atoms with van der Waals surface area (Å²) >= 11 is 0. The Bertz CT molecular complexity index is 4170. The Balaban J connectivity index is 1.17. The third-order valence-electron chi connectivity index (χ3n) is 14.0. The summed E-state index contributed by atoms with van der Waals surface area (Å²) in [6.07, 6.45) is 13.7. The maximum Gasteiger partial charge on any atom is 0.360 e. The Morgan fingerprint density at radius 3 is 0.786 bits per heavy atom. The standard InChI is InChI=1S/C60H42N16O8/c1-81-57(77)45-29-73(69-65-45)49-17-9-5-13-33(49)53-37-21-23-39(61-37)54(34-14-6-10-18-50(34)74-30-46(66-70-74)58(78)82-2)41-25-27-43(63-41)56(36-16-8-12-20-52(36)76-32-48(68-72-76)60(80)84-4)44-28-26-42(64-44)55(40-24-22-38(53)62-40)35-15-7-11-19-51(35)75-31-47(67-71-75)59(79)83-3/h5-32,61,64H,1-4H3. The van der Waals surface area contributed by atoms with Crippen LogP contribution in [0.25, 0.3) is 114 Å². The molecule has 0 spiro atoms. The third kappa shape index (κ3) is 9.02. The van der Waals surface area contributed by atoms with Crippen LogP contribution in [0.2, 0.25) is 0 Å². The number of nitrogens with one attached hydrogen (secondary N) is 2. The normalized spacial score (nSPS) is 11.7. The summed E-state index contributed by atoms with van der Waals surface area (Å²) in [5.41, 5.74) is 11.9. The van der Waals surface area contributed by atoms with E-state index in [2.05, 4.69) is 51.2 Å². The zero-order chi connectivity index (χ0) is 57.6. The number of methoxy groups -OCH3 is 4. The number of ether oxygens (including phenoxy) is 4. The second-order valence-electron chi connectivity index (χ2n) is 18.7. The van der Waals surface area contributed by atoms with Gasteiger partial charge in [-0.25, -0.2) is 47.9 Å². The van der Waals surface area contributed by atoms with Gasteiger partial charge in [0.2, 0.25) is 0 Å². The Labute approximate surface area is 473 Å². The molecule has 0 aliphatic carbocycles. The highest BCUT2D eigenvalue weighted by atomic mass is 16.5. The number of aromatic nitrogens is 16. The van der Waals surface area contributed by atoms with Gasteiger partial charge in [-0.3, -0.25) is 0 Å². The Hall–Kier alpha value is -12.1. The van der Waals surface area contributed by atoms with Crippen LogP contribution in [-0.2, 0) is 18.9 Å². The van der Waals surface area contributed by atoms with Crippen LogP contribution < -0.4 is 0 Å². The summed E-state index contributed by atoms with van der Waals surface area (Å²) < 4.78 is 26.0. The van der Waals surface area contributed by atoms with Crippen LogP contribution in [0.5, 0.6) is 0 Å². The molecule has 13 rings (SSSR count). The van der Waals surface area contributed by atoms with E-state index in [1.165, 1.54) is 72.0 Å². The van der Waals surface area contributed by atoms with Gasteiger partial charge in [0.15, 0.2) is 22.8 Å². The molecule has 4 aromatic carbocycles. The highest BCUT2D eigenvalue weighted by molar-refractivity contribution is 6.03. The Kier molecular flexibility index (Phi) is 13.0. The first-order valence-electron chi connectivity index (χ1n) is 25.7. The molecule has 0 amide bonds. The van der Waals surface area contributed by atoms with E-state index in [9.17, 15) is 19.2 Å². The van der Waals surface area contributed by atoms with Crippen molar-refractivity contribution >= 4 is 70.2 Å². The number of esters is 4. The molecule has 0 unspecified atom stereocenters. The lowest BCUT2D eigenvalue weighted by Crippen LogP contribution is -2.01. The topological polar surface area (TPSA) is 285 Å². The van der Waals surface area contributed by atoms with Gasteiger partial charge in [-0.2, -0.15) is 0 Å². The van der Waals surface area contributed by atoms with Crippen LogP contribution in [0.4, 0.5) is 0 Å². The minimum Gasteiger partial charge on any atom is -0.464 e. The molecule has 9 heterocycles. The van der Waals surface area contributed by atoms with E-state index in [1.54, 1.807) is 0 Å². The maximum absolute atomic E-state index is 12.8. The number of carbonyl (C=O) groups excluding carboxylic acids is 4. The molecule has 8 bridgehead atoms. The monoisotopic (exact) mass is 1110 g/mol. The molecule has 2 N–H and O–H groups in total. The first-order chi connectivity index (χ1) is 41.1. The van der Waals surface area contributed by atoms with Gasteiger partial charge in [0, 0.05) is 66.6 Å². The van der Waals surface area contributed by atoms with Gasteiger partial charge < -0.3 is 28.9 Å². The summed E-state index contributed by atoms with van der Waals surface area (Å²) in [7, 11) is 5.10. The SMILES string of the molecule is COC(=O)c1cn(-c2ccccc2-c2c3nc(c(-c4ccccc4-n4cc(C(=O)OC)nn4)c4ccc([nH]4)c(-c4ccccc4-n4cc(C(=O)OC)nn4)c4nc(c(-c5ccccc5-n5cc(C(=O)OC)nn5)c5ccc2[nH]5)C=C4)C=C3)nn1. The number of fused-ring (bicyclic) bond motifs is 8. The number of carbonyl (C=O) groups is 4. The molecule has 0 radical (unpaired) electrons. The Morgan fingerprint density at radius 1 is 0.333 bits per heavy atom. The highest BCUT2D eigenvalue weighted by Crippen LogP contribution is 2.42. The van der Waals surface area contributed by atoms with Crippen LogP contribution in [0, 0.1) is 0 Å². The predicted octanol–water partition coefficient (Wildman–Crippen LogP) is 8.79. The smallest absolute Gasteiger partial charge is 0.360 e. The number of hydrogen-bond donors (Lipinski definition) is 2. The van der Waals surface area contributed by atoms with E-state index >= 15 is 0 Å². The zero-order valence-electron chi connectivity index (χ0n) is 44.7. The third-order valence-corrected chi connectivity index (χ3v) is 14.0. The van der Waals surface area contributed by atoms with Crippen LogP contribution >= 0.6 is 0 Å². The molecule has 2 aliphatic rings. The molecule has 0 saturated carbocycles. The maximum atomic E-state index is 12.8. The van der Waals surface area contributed by atoms with Gasteiger partial charge in [-0.15, -0.1) is 20.4 Å². The molecule has 7 aromatic heterocycles. The van der Waals surface area contributed by atoms with Crippen LogP contribution in [0.1, 0.15) is 64.7 Å². The van der Waals surface area contributed by atoms with Gasteiger partial charge in [-0.05, 0) is 72.8 Å². The number of para-hydroxylation sites is 4. The Morgan fingerprint density at radius 2 is 0.560 bits per heavy atom. The summed E-state index contributed by atoms with van der Waals surface area (Å²) in [6.45, 7) is 0. The number of H-pyrrole nitrogens is 2. The summed E-state index contributed by atoms with van der Waals surface area (Å²) in [4.78, 5) is 69.6. The lowest BCUT2D eigenvalue weighted by molar-refractivity contribution is 0.0585. The molecule has 410 valence electrons. The summed E-state index contributed by atoms with van der Waals surface area (Å²) in [6, 6.07) is 37.9. The highest BCUT2D eigenvalue weighted by Gasteiger charge is 2.26. The van der Waals surface area contributed by atoms with E-state index in [4.69, 9.17) is 28.9 Å². The van der Waals surface area contributed by atoms with Crippen molar-refractivity contribution in [1.29, 1.82) is 0 Å². The predicted molar refractivity (Wildman–Crippen MR) is 306 cm³/mol. The molecular formula is C60H42N16O8. The average molecular weight is 1120 g/mol. The second-order valence-corrected chi connectivity index (χ2v) is 18.7. The molecule has 84 heavy (non-hydrogen) atoms. The first-order valence-corrected chi connectivity index (χ1v) is 25.7. The molecule has 24 heteroatoms. The van der Waals surface area contributed by atoms with E-state index in [-0.39, 0.29) is 22.8 Å². The van der Waals surface area contributed by atoms with Gasteiger partial charge in [0.1, 0.15) is 0 Å². The minimum atomic E-state index is -0.658. The molecule has 2 aliphatic heterocycles. The fourth-order valence-corrected chi connectivity index (χ4v) is 10.2. The van der Waals surface area contributed by atoms with Crippen molar-refractivity contribution < 1.29 is 38.1 Å². The largest absolute Gasteiger partial charge is 0.464 e. The molecular weight excluding hydrogens is 1070 g/mol. The van der Waals surface area contributed by atoms with Crippen molar-refractivity contribution in [3.63, 3.8) is 0 Å². The molecule has 0 atom stereocenters. The average Bonchev–Trinajstić information content (AvgIpc) is 2.34. The van der Waals surface area contributed by atoms with Gasteiger partial charge in [0.25, 0.3) is 0 Å². The van der Waals surface area contributed by atoms with Crippen molar-refractivity contribution in [2.24, 2.45) is 0 Å². The fourth-order valence-electron chi connectivity index (χ4n) is 10.2. The second kappa shape index (κ2) is 21.2. The number of hydrogen-bond acceptors (Lipinski definition) is 18. The summed E-state index contributed by atoms with van der Waals surface area (Å²) in [5.74, 6) is -2.63. The minimum absolute atomic E-state index is 0.000963. The van der Waals surface area contributed by atoms with Crippen molar-refractivity contribution in [2.45, 2.75) is 0 Å². The number of rotatable bonds is 12. The van der Waals surface area contributed by atoms with Crippen LogP contribution in [0.15, 0.2) is 146 Å². The first kappa shape index (κ1) is 51.4. The number of benzene rings is 4. The van der Waals surface area contributed by atoms with E-state index in [0.717, 1.165) is 0 Å². The van der Waals surface area contributed by atoms with E-state index in [0.29, 0.717) is 112 Å². The van der Waals surface area contributed by atoms with E-state index < -0.39 is 23.9 Å². The van der Waals surface area contributed by atoms with Crippen LogP contribution in [0.3, 0.4) is 0 Å². The van der Waals surface area contributed by atoms with E-state index in [1.807, 2.05) is 146 Å². The lowest BCUT2D eigenvalue weighted by atomic mass is 10.0. The van der Waals surface area contributed by atoms with Gasteiger partial charge in [0.05, 0.1) is 98.8 Å². The molecule has 11 aromatic rings. The zero-order valence-corrected chi connectivity index (χ0v) is 44.7. The van der Waals surface area contributed by atoms with Crippen molar-refractivity contribution in [3.05, 3.63) is 192 Å².